The zero-order valence-corrected chi connectivity index (χ0v) is 8.73. The Morgan fingerprint density at radius 1 is 1.43 bits per heavy atom. The number of hydrogen-bond donors (Lipinski definition) is 1. The average molecular weight is 193 g/mol. The third kappa shape index (κ3) is 1.80. The summed E-state index contributed by atoms with van der Waals surface area (Å²) >= 11 is 0. The van der Waals surface area contributed by atoms with Crippen LogP contribution in [0.1, 0.15) is 35.4 Å². The monoisotopic (exact) mass is 193 g/mol. The van der Waals surface area contributed by atoms with Gasteiger partial charge in [-0.3, -0.25) is 0 Å². The van der Waals surface area contributed by atoms with E-state index in [1.165, 1.54) is 18.4 Å². The number of rotatable bonds is 3. The molecule has 0 aromatic heterocycles. The SMILES string of the molecule is CNCc1cc(C2CC2)cc(C)c1F. The smallest absolute Gasteiger partial charge is 0.130 e. The molecule has 0 saturated heterocycles. The zero-order valence-electron chi connectivity index (χ0n) is 8.73. The van der Waals surface area contributed by atoms with Crippen LogP contribution in [0.4, 0.5) is 4.39 Å². The van der Waals surface area contributed by atoms with E-state index < -0.39 is 0 Å². The van der Waals surface area contributed by atoms with Crippen molar-refractivity contribution in [3.05, 3.63) is 34.6 Å². The quantitative estimate of drug-likeness (QED) is 0.778. The maximum absolute atomic E-state index is 13.6. The minimum absolute atomic E-state index is 0.0521. The zero-order chi connectivity index (χ0) is 10.1. The molecule has 0 aliphatic heterocycles. The van der Waals surface area contributed by atoms with Gasteiger partial charge in [0.1, 0.15) is 5.82 Å². The molecule has 0 bridgehead atoms. The molecule has 0 unspecified atom stereocenters. The Bertz CT molecular complexity index is 342. The Labute approximate surface area is 84.3 Å². The molecule has 1 N–H and O–H groups in total. The summed E-state index contributed by atoms with van der Waals surface area (Å²) in [5.74, 6) is 0.647. The maximum Gasteiger partial charge on any atom is 0.130 e. The summed E-state index contributed by atoms with van der Waals surface area (Å²) in [6.45, 7) is 2.47. The third-order valence-corrected chi connectivity index (χ3v) is 2.77. The van der Waals surface area contributed by atoms with Gasteiger partial charge >= 0.3 is 0 Å². The molecule has 0 radical (unpaired) electrons. The number of nitrogens with one attached hydrogen (secondary N) is 1. The van der Waals surface area contributed by atoms with E-state index in [1.54, 1.807) is 0 Å². The topological polar surface area (TPSA) is 12.0 Å². The molecule has 1 fully saturated rings. The van der Waals surface area contributed by atoms with Crippen molar-refractivity contribution in [3.63, 3.8) is 0 Å². The predicted molar refractivity (Wildman–Crippen MR) is 55.9 cm³/mol. The molecule has 2 heteroatoms. The molecule has 1 aliphatic rings. The third-order valence-electron chi connectivity index (χ3n) is 2.77. The lowest BCUT2D eigenvalue weighted by atomic mass is 10.0. The van der Waals surface area contributed by atoms with Gasteiger partial charge in [-0.25, -0.2) is 4.39 Å². The second-order valence-electron chi connectivity index (χ2n) is 4.12. The van der Waals surface area contributed by atoms with Crippen molar-refractivity contribution in [3.8, 4) is 0 Å². The Hall–Kier alpha value is -0.890. The van der Waals surface area contributed by atoms with Crippen LogP contribution in [0, 0.1) is 12.7 Å². The maximum atomic E-state index is 13.6. The van der Waals surface area contributed by atoms with Crippen LogP contribution < -0.4 is 5.32 Å². The Balaban J connectivity index is 2.35. The van der Waals surface area contributed by atoms with Gasteiger partial charge in [-0.05, 0) is 43.9 Å². The fraction of sp³-hybridized carbons (Fsp3) is 0.500. The largest absolute Gasteiger partial charge is 0.316 e. The van der Waals surface area contributed by atoms with E-state index >= 15 is 0 Å². The van der Waals surface area contributed by atoms with Crippen molar-refractivity contribution < 1.29 is 4.39 Å². The first kappa shape index (κ1) is 9.66. The van der Waals surface area contributed by atoms with E-state index in [9.17, 15) is 4.39 Å². The van der Waals surface area contributed by atoms with Gasteiger partial charge in [0.25, 0.3) is 0 Å². The molecule has 2 rings (SSSR count). The van der Waals surface area contributed by atoms with Gasteiger partial charge in [0, 0.05) is 12.1 Å². The van der Waals surface area contributed by atoms with Crippen LogP contribution in [-0.2, 0) is 6.54 Å². The van der Waals surface area contributed by atoms with Crippen LogP contribution in [0.25, 0.3) is 0 Å². The highest BCUT2D eigenvalue weighted by atomic mass is 19.1. The van der Waals surface area contributed by atoms with Gasteiger partial charge in [0.15, 0.2) is 0 Å². The highest BCUT2D eigenvalue weighted by molar-refractivity contribution is 5.35. The minimum Gasteiger partial charge on any atom is -0.316 e. The molecular formula is C12H16FN. The number of halogens is 1. The van der Waals surface area contributed by atoms with Crippen molar-refractivity contribution in [2.45, 2.75) is 32.2 Å². The normalized spacial score (nSPS) is 15.9. The first-order chi connectivity index (χ1) is 6.72. The van der Waals surface area contributed by atoms with Crippen molar-refractivity contribution >= 4 is 0 Å². The molecule has 0 heterocycles. The van der Waals surface area contributed by atoms with Gasteiger partial charge in [-0.15, -0.1) is 0 Å². The highest BCUT2D eigenvalue weighted by Gasteiger charge is 2.24. The first-order valence-electron chi connectivity index (χ1n) is 5.16. The van der Waals surface area contributed by atoms with Gasteiger partial charge in [-0.2, -0.15) is 0 Å². The fourth-order valence-corrected chi connectivity index (χ4v) is 1.84. The lowest BCUT2D eigenvalue weighted by Crippen LogP contribution is -2.08. The Morgan fingerprint density at radius 3 is 2.71 bits per heavy atom. The van der Waals surface area contributed by atoms with Crippen molar-refractivity contribution in [1.82, 2.24) is 5.32 Å². The Kier molecular flexibility index (Phi) is 2.55. The summed E-state index contributed by atoms with van der Waals surface area (Å²) in [7, 11) is 1.85. The van der Waals surface area contributed by atoms with E-state index in [4.69, 9.17) is 0 Å². The molecule has 1 aliphatic carbocycles. The molecule has 0 spiro atoms. The summed E-state index contributed by atoms with van der Waals surface area (Å²) in [6, 6.07) is 4.00. The lowest BCUT2D eigenvalue weighted by molar-refractivity contribution is 0.591. The summed E-state index contributed by atoms with van der Waals surface area (Å²) < 4.78 is 13.6. The molecule has 76 valence electrons. The molecule has 1 saturated carbocycles. The van der Waals surface area contributed by atoms with E-state index in [0.717, 1.165) is 11.1 Å². The first-order valence-corrected chi connectivity index (χ1v) is 5.16. The van der Waals surface area contributed by atoms with Crippen LogP contribution in [-0.4, -0.2) is 7.05 Å². The van der Waals surface area contributed by atoms with Gasteiger partial charge in [-0.1, -0.05) is 12.1 Å². The molecule has 14 heavy (non-hydrogen) atoms. The van der Waals surface area contributed by atoms with Crippen molar-refractivity contribution in [2.24, 2.45) is 0 Å². The van der Waals surface area contributed by atoms with Crippen molar-refractivity contribution in [2.75, 3.05) is 7.05 Å². The molecule has 1 nitrogen and oxygen atoms in total. The highest BCUT2D eigenvalue weighted by Crippen LogP contribution is 2.41. The number of aryl methyl sites for hydroxylation is 1. The number of hydrogen-bond acceptors (Lipinski definition) is 1. The van der Waals surface area contributed by atoms with Gasteiger partial charge in [0.2, 0.25) is 0 Å². The van der Waals surface area contributed by atoms with E-state index in [1.807, 2.05) is 26.1 Å². The number of benzene rings is 1. The summed E-state index contributed by atoms with van der Waals surface area (Å²) in [5.41, 5.74) is 2.89. The standard InChI is InChI=1S/C12H16FN/c1-8-5-10(9-3-4-9)6-11(7-14-2)12(8)13/h5-6,9,14H,3-4,7H2,1-2H3. The van der Waals surface area contributed by atoms with E-state index in [2.05, 4.69) is 5.32 Å². The Morgan fingerprint density at radius 2 is 2.14 bits per heavy atom. The second-order valence-corrected chi connectivity index (χ2v) is 4.12. The lowest BCUT2D eigenvalue weighted by Gasteiger charge is -2.08. The van der Waals surface area contributed by atoms with Crippen LogP contribution in [0.3, 0.4) is 0 Å². The molecule has 0 atom stereocenters. The van der Waals surface area contributed by atoms with Crippen LogP contribution >= 0.6 is 0 Å². The minimum atomic E-state index is -0.0521. The fourth-order valence-electron chi connectivity index (χ4n) is 1.84. The molecule has 1 aromatic rings. The van der Waals surface area contributed by atoms with E-state index in [-0.39, 0.29) is 5.82 Å². The van der Waals surface area contributed by atoms with Crippen LogP contribution in [0.2, 0.25) is 0 Å². The van der Waals surface area contributed by atoms with Crippen LogP contribution in [0.15, 0.2) is 12.1 Å². The van der Waals surface area contributed by atoms with E-state index in [0.29, 0.717) is 12.5 Å². The second kappa shape index (κ2) is 3.70. The van der Waals surface area contributed by atoms with Crippen molar-refractivity contribution in [1.29, 1.82) is 0 Å². The summed E-state index contributed by atoms with van der Waals surface area (Å²) in [5, 5.41) is 3.00. The summed E-state index contributed by atoms with van der Waals surface area (Å²) in [6.07, 6.45) is 2.54. The van der Waals surface area contributed by atoms with Crippen LogP contribution in [0.5, 0.6) is 0 Å². The summed E-state index contributed by atoms with van der Waals surface area (Å²) in [4.78, 5) is 0. The predicted octanol–water partition coefficient (Wildman–Crippen LogP) is 2.73. The van der Waals surface area contributed by atoms with Gasteiger partial charge < -0.3 is 5.32 Å². The molecule has 0 amide bonds. The molecule has 1 aromatic carbocycles. The molecular weight excluding hydrogens is 177 g/mol. The van der Waals surface area contributed by atoms with Gasteiger partial charge in [0.05, 0.1) is 0 Å². The average Bonchev–Trinajstić information content (AvgIpc) is 2.96.